The van der Waals surface area contributed by atoms with Gasteiger partial charge in [0.1, 0.15) is 12.4 Å². The zero-order chi connectivity index (χ0) is 20.1. The molecule has 3 rings (SSSR count). The zero-order valence-electron chi connectivity index (χ0n) is 17.2. The van der Waals surface area contributed by atoms with Gasteiger partial charge in [-0.05, 0) is 38.8 Å². The molecule has 0 aliphatic carbocycles. The number of hydrogen-bond donors (Lipinski definition) is 1. The lowest BCUT2D eigenvalue weighted by Crippen LogP contribution is -2.25. The number of fused-ring (bicyclic) bond motifs is 1. The first-order valence-corrected chi connectivity index (χ1v) is 9.85. The van der Waals surface area contributed by atoms with Crippen molar-refractivity contribution in [2.24, 2.45) is 0 Å². The Bertz CT molecular complexity index is 876. The fourth-order valence-corrected chi connectivity index (χ4v) is 2.93. The van der Waals surface area contributed by atoms with Crippen molar-refractivity contribution in [3.8, 4) is 11.5 Å². The van der Waals surface area contributed by atoms with Crippen molar-refractivity contribution in [3.63, 3.8) is 0 Å². The summed E-state index contributed by atoms with van der Waals surface area (Å²) >= 11 is 0. The lowest BCUT2D eigenvalue weighted by molar-refractivity contribution is 0.0850. The van der Waals surface area contributed by atoms with Gasteiger partial charge in [-0.15, -0.1) is 0 Å². The van der Waals surface area contributed by atoms with Crippen LogP contribution in [0.2, 0.25) is 0 Å². The molecule has 0 fully saturated rings. The molecule has 0 bridgehead atoms. The summed E-state index contributed by atoms with van der Waals surface area (Å²) in [6.07, 6.45) is 3.69. The van der Waals surface area contributed by atoms with Gasteiger partial charge in [-0.2, -0.15) is 0 Å². The minimum absolute atomic E-state index is 0.0247. The van der Waals surface area contributed by atoms with Crippen molar-refractivity contribution in [3.05, 3.63) is 65.7 Å². The fourth-order valence-electron chi connectivity index (χ4n) is 2.93. The summed E-state index contributed by atoms with van der Waals surface area (Å²) in [7, 11) is 0. The number of nitrogens with zero attached hydrogens (tertiary/aromatic N) is 2. The highest BCUT2D eigenvalue weighted by Gasteiger charge is 2.25. The van der Waals surface area contributed by atoms with Crippen LogP contribution in [0.15, 0.2) is 54.1 Å². The lowest BCUT2D eigenvalue weighted by Gasteiger charge is -2.26. The smallest absolute Gasteiger partial charge is 0.192 e. The number of anilines is 1. The maximum atomic E-state index is 6.10. The number of benzene rings is 1. The third-order valence-corrected chi connectivity index (χ3v) is 4.80. The van der Waals surface area contributed by atoms with E-state index in [1.807, 2.05) is 37.3 Å². The molecule has 1 aromatic heterocycles. The van der Waals surface area contributed by atoms with Gasteiger partial charge >= 0.3 is 0 Å². The molecule has 5 heteroatoms. The quantitative estimate of drug-likeness (QED) is 0.665. The molecule has 2 atom stereocenters. The van der Waals surface area contributed by atoms with Crippen molar-refractivity contribution in [2.45, 2.75) is 52.7 Å². The summed E-state index contributed by atoms with van der Waals surface area (Å²) in [6, 6.07) is 9.69. The van der Waals surface area contributed by atoms with Crippen LogP contribution in [-0.2, 0) is 6.42 Å². The van der Waals surface area contributed by atoms with E-state index in [0.29, 0.717) is 12.4 Å². The molecule has 1 aliphatic heterocycles. The number of hydrogen-bond acceptors (Lipinski definition) is 5. The van der Waals surface area contributed by atoms with Gasteiger partial charge in [0.2, 0.25) is 0 Å². The van der Waals surface area contributed by atoms with Gasteiger partial charge in [-0.3, -0.25) is 0 Å². The number of rotatable bonds is 7. The SMILES string of the molecule is C=C(C)C(/C=C(/C)CC)Nc1cc(CC)nc(C2COc3ccccc3O2)n1. The summed E-state index contributed by atoms with van der Waals surface area (Å²) in [5.74, 6) is 2.89. The van der Waals surface area contributed by atoms with E-state index in [-0.39, 0.29) is 12.1 Å². The van der Waals surface area contributed by atoms with E-state index in [0.717, 1.165) is 41.4 Å². The van der Waals surface area contributed by atoms with Crippen molar-refractivity contribution < 1.29 is 9.47 Å². The molecule has 0 amide bonds. The third kappa shape index (κ3) is 4.71. The first-order chi connectivity index (χ1) is 13.5. The third-order valence-electron chi connectivity index (χ3n) is 4.80. The molecule has 1 N–H and O–H groups in total. The Morgan fingerprint density at radius 1 is 1.25 bits per heavy atom. The molecule has 2 unspecified atom stereocenters. The minimum atomic E-state index is -0.335. The Hall–Kier alpha value is -2.82. The second-order valence-corrected chi connectivity index (χ2v) is 7.16. The molecule has 0 spiro atoms. The van der Waals surface area contributed by atoms with Crippen molar-refractivity contribution >= 4 is 5.82 Å². The summed E-state index contributed by atoms with van der Waals surface area (Å²) in [6.45, 7) is 12.9. The van der Waals surface area contributed by atoms with Crippen LogP contribution in [0.1, 0.15) is 51.7 Å². The lowest BCUT2D eigenvalue weighted by atomic mass is 10.1. The number of ether oxygens (including phenoxy) is 2. The number of aromatic nitrogens is 2. The minimum Gasteiger partial charge on any atom is -0.485 e. The standard InChI is InChI=1S/C23H29N3O2/c1-6-16(5)12-18(15(3)4)25-22-13-17(7-2)24-23(26-22)21-14-27-19-10-8-9-11-20(19)28-21/h8-13,18,21H,3,6-7,14H2,1-2,4-5H3,(H,24,25,26)/b16-12-. The predicted octanol–water partition coefficient (Wildman–Crippen LogP) is 5.26. The van der Waals surface area contributed by atoms with E-state index in [1.165, 1.54) is 5.57 Å². The molecular formula is C23H29N3O2. The topological polar surface area (TPSA) is 56.3 Å². The number of aryl methyl sites for hydroxylation is 1. The summed E-state index contributed by atoms with van der Waals surface area (Å²) in [5.41, 5.74) is 3.31. The average molecular weight is 380 g/mol. The highest BCUT2D eigenvalue weighted by molar-refractivity contribution is 5.44. The van der Waals surface area contributed by atoms with Crippen molar-refractivity contribution in [1.82, 2.24) is 9.97 Å². The van der Waals surface area contributed by atoms with Crippen LogP contribution < -0.4 is 14.8 Å². The molecule has 0 radical (unpaired) electrons. The highest BCUT2D eigenvalue weighted by atomic mass is 16.6. The predicted molar refractivity (Wildman–Crippen MR) is 113 cm³/mol. The van der Waals surface area contributed by atoms with E-state index in [2.05, 4.69) is 43.7 Å². The molecule has 5 nitrogen and oxygen atoms in total. The summed E-state index contributed by atoms with van der Waals surface area (Å²) < 4.78 is 11.9. The largest absolute Gasteiger partial charge is 0.485 e. The molecule has 0 saturated carbocycles. The van der Waals surface area contributed by atoms with Gasteiger partial charge in [0.15, 0.2) is 23.4 Å². The van der Waals surface area contributed by atoms with Crippen LogP contribution in [0, 0.1) is 0 Å². The Morgan fingerprint density at radius 3 is 2.68 bits per heavy atom. The highest BCUT2D eigenvalue weighted by Crippen LogP contribution is 2.35. The maximum absolute atomic E-state index is 6.10. The van der Waals surface area contributed by atoms with E-state index in [1.54, 1.807) is 0 Å². The van der Waals surface area contributed by atoms with E-state index in [4.69, 9.17) is 14.5 Å². The molecule has 28 heavy (non-hydrogen) atoms. The van der Waals surface area contributed by atoms with E-state index >= 15 is 0 Å². The van der Waals surface area contributed by atoms with Crippen LogP contribution in [0.5, 0.6) is 11.5 Å². The van der Waals surface area contributed by atoms with E-state index in [9.17, 15) is 0 Å². The molecule has 2 heterocycles. The molecular weight excluding hydrogens is 350 g/mol. The average Bonchev–Trinajstić information content (AvgIpc) is 2.72. The second kappa shape index (κ2) is 8.91. The summed E-state index contributed by atoms with van der Waals surface area (Å²) in [4.78, 5) is 9.42. The maximum Gasteiger partial charge on any atom is 0.192 e. The fraction of sp³-hybridized carbons (Fsp3) is 0.391. The van der Waals surface area contributed by atoms with Crippen molar-refractivity contribution in [2.75, 3.05) is 11.9 Å². The Labute approximate surface area is 167 Å². The normalized spacial score (nSPS) is 17.1. The molecule has 1 aromatic carbocycles. The van der Waals surface area contributed by atoms with Crippen LogP contribution >= 0.6 is 0 Å². The molecule has 1 aliphatic rings. The van der Waals surface area contributed by atoms with Gasteiger partial charge < -0.3 is 14.8 Å². The Kier molecular flexibility index (Phi) is 6.34. The Morgan fingerprint density at radius 2 is 2.00 bits per heavy atom. The van der Waals surface area contributed by atoms with Gasteiger partial charge in [-0.25, -0.2) is 9.97 Å². The number of para-hydroxylation sites is 2. The zero-order valence-corrected chi connectivity index (χ0v) is 17.2. The van der Waals surface area contributed by atoms with Crippen LogP contribution in [0.25, 0.3) is 0 Å². The summed E-state index contributed by atoms with van der Waals surface area (Å²) in [5, 5.41) is 3.49. The molecule has 2 aromatic rings. The van der Waals surface area contributed by atoms with Crippen LogP contribution in [0.4, 0.5) is 5.82 Å². The van der Waals surface area contributed by atoms with Gasteiger partial charge in [0, 0.05) is 11.8 Å². The first kappa shape index (κ1) is 19.9. The van der Waals surface area contributed by atoms with Gasteiger partial charge in [0.25, 0.3) is 0 Å². The molecule has 0 saturated heterocycles. The number of nitrogens with one attached hydrogen (secondary N) is 1. The Balaban J connectivity index is 1.87. The van der Waals surface area contributed by atoms with Crippen LogP contribution in [0.3, 0.4) is 0 Å². The van der Waals surface area contributed by atoms with Crippen LogP contribution in [-0.4, -0.2) is 22.6 Å². The first-order valence-electron chi connectivity index (χ1n) is 9.85. The van der Waals surface area contributed by atoms with Gasteiger partial charge in [-0.1, -0.05) is 49.8 Å². The monoisotopic (exact) mass is 379 g/mol. The number of allylic oxidation sites excluding steroid dienone is 1. The van der Waals surface area contributed by atoms with E-state index < -0.39 is 0 Å². The van der Waals surface area contributed by atoms with Gasteiger partial charge in [0.05, 0.1) is 6.04 Å². The second-order valence-electron chi connectivity index (χ2n) is 7.16. The molecule has 148 valence electrons. The van der Waals surface area contributed by atoms with Crippen molar-refractivity contribution in [1.29, 1.82) is 0 Å².